The fraction of sp³-hybridized carbons (Fsp3) is 0.600. The Morgan fingerprint density at radius 2 is 1.70 bits per heavy atom. The number of benzene rings is 1. The molecule has 0 spiro atoms. The number of carbonyl (C=O) groups excluding carboxylic acids is 2. The molecule has 3 rings (SSSR count). The van der Waals surface area contributed by atoms with Crippen LogP contribution >= 0.6 is 0 Å². The molecule has 0 aromatic heterocycles. The zero-order valence-electron chi connectivity index (χ0n) is 19.3. The van der Waals surface area contributed by atoms with Gasteiger partial charge in [-0.3, -0.25) is 9.59 Å². The second kappa shape index (κ2) is 8.64. The van der Waals surface area contributed by atoms with E-state index in [0.717, 1.165) is 18.4 Å². The van der Waals surface area contributed by atoms with Crippen LogP contribution in [0.25, 0.3) is 0 Å². The van der Waals surface area contributed by atoms with Crippen LogP contribution in [0.3, 0.4) is 0 Å². The largest absolute Gasteiger partial charge is 0.269 e. The summed E-state index contributed by atoms with van der Waals surface area (Å²) in [4.78, 5) is 38.4. The molecule has 1 aromatic carbocycles. The fourth-order valence-electron chi connectivity index (χ4n) is 4.46. The molecule has 1 aromatic rings. The van der Waals surface area contributed by atoms with Crippen LogP contribution in [0, 0.1) is 17.8 Å². The van der Waals surface area contributed by atoms with E-state index < -0.39 is 5.60 Å². The number of rotatable bonds is 6. The Bertz CT molecular complexity index is 830. The molecule has 2 amide bonds. The Morgan fingerprint density at radius 3 is 2.30 bits per heavy atom. The van der Waals surface area contributed by atoms with Crippen molar-refractivity contribution in [1.29, 1.82) is 0 Å². The Morgan fingerprint density at radius 1 is 1.07 bits per heavy atom. The molecule has 5 heteroatoms. The lowest BCUT2D eigenvalue weighted by Gasteiger charge is -2.38. The SMILES string of the molecule is CC1=C(C)C(=O)N(c2cccc(C(C)(C)OOC3CC(C)CCC3C(C)C)c2)C1=O. The van der Waals surface area contributed by atoms with Gasteiger partial charge >= 0.3 is 0 Å². The van der Waals surface area contributed by atoms with Crippen molar-refractivity contribution in [1.82, 2.24) is 0 Å². The minimum Gasteiger partial charge on any atom is -0.269 e. The first-order valence-electron chi connectivity index (χ1n) is 11.0. The van der Waals surface area contributed by atoms with Crippen molar-refractivity contribution in [3.8, 4) is 0 Å². The molecule has 2 aliphatic rings. The van der Waals surface area contributed by atoms with Crippen LogP contribution in [0.4, 0.5) is 5.69 Å². The highest BCUT2D eigenvalue weighted by Crippen LogP contribution is 2.38. The maximum absolute atomic E-state index is 12.5. The van der Waals surface area contributed by atoms with Gasteiger partial charge in [0.25, 0.3) is 11.8 Å². The molecule has 1 heterocycles. The molecule has 30 heavy (non-hydrogen) atoms. The number of hydrogen-bond acceptors (Lipinski definition) is 4. The smallest absolute Gasteiger partial charge is 0.261 e. The molecule has 0 N–H and O–H groups in total. The number of amides is 2. The highest BCUT2D eigenvalue weighted by Gasteiger charge is 2.37. The van der Waals surface area contributed by atoms with Crippen molar-refractivity contribution in [2.45, 2.75) is 79.4 Å². The van der Waals surface area contributed by atoms with E-state index >= 15 is 0 Å². The van der Waals surface area contributed by atoms with Gasteiger partial charge in [-0.05, 0) is 76.0 Å². The third-order valence-electron chi connectivity index (χ3n) is 6.75. The van der Waals surface area contributed by atoms with Gasteiger partial charge in [0.05, 0.1) is 11.8 Å². The lowest BCUT2D eigenvalue weighted by molar-refractivity contribution is -0.394. The molecule has 0 bridgehead atoms. The first-order chi connectivity index (χ1) is 14.0. The number of hydrogen-bond donors (Lipinski definition) is 0. The third kappa shape index (κ3) is 4.37. The predicted octanol–water partition coefficient (Wildman–Crippen LogP) is 5.54. The number of carbonyl (C=O) groups is 2. The highest BCUT2D eigenvalue weighted by atomic mass is 17.2. The van der Waals surface area contributed by atoms with Crippen molar-refractivity contribution in [2.75, 3.05) is 4.90 Å². The Balaban J connectivity index is 1.76. The first-order valence-corrected chi connectivity index (χ1v) is 11.0. The Labute approximate surface area is 180 Å². The van der Waals surface area contributed by atoms with Gasteiger partial charge in [-0.25, -0.2) is 14.7 Å². The molecule has 1 saturated carbocycles. The van der Waals surface area contributed by atoms with Crippen LogP contribution in [0.5, 0.6) is 0 Å². The molecule has 0 radical (unpaired) electrons. The van der Waals surface area contributed by atoms with Crippen LogP contribution in [0.1, 0.15) is 73.3 Å². The minimum absolute atomic E-state index is 0.0763. The van der Waals surface area contributed by atoms with Crippen molar-refractivity contribution < 1.29 is 19.4 Å². The normalized spacial score (nSPS) is 25.6. The average Bonchev–Trinajstić information content (AvgIpc) is 2.89. The summed E-state index contributed by atoms with van der Waals surface area (Å²) in [5, 5.41) is 0. The summed E-state index contributed by atoms with van der Waals surface area (Å²) in [6, 6.07) is 7.40. The summed E-state index contributed by atoms with van der Waals surface area (Å²) >= 11 is 0. The summed E-state index contributed by atoms with van der Waals surface area (Å²) in [5.74, 6) is 1.14. The van der Waals surface area contributed by atoms with Gasteiger partial charge in [0.2, 0.25) is 0 Å². The summed E-state index contributed by atoms with van der Waals surface area (Å²) in [6.07, 6.45) is 3.47. The second-order valence-electron chi connectivity index (χ2n) is 9.80. The summed E-state index contributed by atoms with van der Waals surface area (Å²) in [6.45, 7) is 14.0. The average molecular weight is 414 g/mol. The van der Waals surface area contributed by atoms with E-state index in [2.05, 4.69) is 20.8 Å². The van der Waals surface area contributed by atoms with Gasteiger partial charge in [0, 0.05) is 11.1 Å². The van der Waals surface area contributed by atoms with Crippen molar-refractivity contribution in [3.05, 3.63) is 41.0 Å². The second-order valence-corrected chi connectivity index (χ2v) is 9.80. The Kier molecular flexibility index (Phi) is 6.54. The molecular formula is C25H35NO4. The molecule has 0 saturated heterocycles. The molecule has 3 unspecified atom stereocenters. The van der Waals surface area contributed by atoms with Crippen molar-refractivity contribution in [3.63, 3.8) is 0 Å². The van der Waals surface area contributed by atoms with E-state index in [-0.39, 0.29) is 17.9 Å². The van der Waals surface area contributed by atoms with Crippen LogP contribution in [0.15, 0.2) is 35.4 Å². The third-order valence-corrected chi connectivity index (χ3v) is 6.75. The molecule has 1 aliphatic heterocycles. The van der Waals surface area contributed by atoms with E-state index in [1.54, 1.807) is 19.9 Å². The van der Waals surface area contributed by atoms with Gasteiger partial charge in [-0.2, -0.15) is 0 Å². The fourth-order valence-corrected chi connectivity index (χ4v) is 4.46. The van der Waals surface area contributed by atoms with Gasteiger partial charge in [0.1, 0.15) is 5.60 Å². The lowest BCUT2D eigenvalue weighted by atomic mass is 9.75. The topological polar surface area (TPSA) is 55.8 Å². The van der Waals surface area contributed by atoms with Gasteiger partial charge in [-0.1, -0.05) is 39.3 Å². The highest BCUT2D eigenvalue weighted by molar-refractivity contribution is 6.32. The molecule has 1 aliphatic carbocycles. The summed E-state index contributed by atoms with van der Waals surface area (Å²) < 4.78 is 0. The van der Waals surface area contributed by atoms with E-state index in [4.69, 9.17) is 9.78 Å². The monoisotopic (exact) mass is 413 g/mol. The Hall–Kier alpha value is -1.98. The molecule has 3 atom stereocenters. The van der Waals surface area contributed by atoms with Crippen LogP contribution < -0.4 is 4.90 Å². The van der Waals surface area contributed by atoms with Crippen LogP contribution in [-0.4, -0.2) is 17.9 Å². The van der Waals surface area contributed by atoms with Crippen LogP contribution in [-0.2, 0) is 25.0 Å². The quantitative estimate of drug-likeness (QED) is 0.349. The molecule has 5 nitrogen and oxygen atoms in total. The van der Waals surface area contributed by atoms with Crippen molar-refractivity contribution in [2.24, 2.45) is 17.8 Å². The number of imide groups is 1. The summed E-state index contributed by atoms with van der Waals surface area (Å²) in [7, 11) is 0. The lowest BCUT2D eigenvalue weighted by Crippen LogP contribution is -2.36. The predicted molar refractivity (Wildman–Crippen MR) is 118 cm³/mol. The van der Waals surface area contributed by atoms with Crippen molar-refractivity contribution >= 4 is 17.5 Å². The maximum Gasteiger partial charge on any atom is 0.261 e. The number of anilines is 1. The van der Waals surface area contributed by atoms with Gasteiger partial charge in [0.15, 0.2) is 0 Å². The van der Waals surface area contributed by atoms with E-state index in [0.29, 0.717) is 34.6 Å². The molecule has 164 valence electrons. The maximum atomic E-state index is 12.5. The zero-order valence-corrected chi connectivity index (χ0v) is 19.3. The van der Waals surface area contributed by atoms with Crippen LogP contribution in [0.2, 0.25) is 0 Å². The number of nitrogens with zero attached hydrogens (tertiary/aromatic N) is 1. The standard InChI is InChI=1S/C25H35NO4/c1-15(2)21-12-11-16(3)13-22(21)29-30-25(6,7)19-9-8-10-20(14-19)26-23(27)17(4)18(5)24(26)28/h8-10,14-16,21-22H,11-13H2,1-7H3. The summed E-state index contributed by atoms with van der Waals surface area (Å²) in [5.41, 5.74) is 1.68. The van der Waals surface area contributed by atoms with E-state index in [1.165, 1.54) is 11.3 Å². The van der Waals surface area contributed by atoms with Gasteiger partial charge < -0.3 is 0 Å². The molecular weight excluding hydrogens is 378 g/mol. The molecule has 1 fully saturated rings. The van der Waals surface area contributed by atoms with Gasteiger partial charge in [-0.15, -0.1) is 0 Å². The van der Waals surface area contributed by atoms with E-state index in [9.17, 15) is 9.59 Å². The first kappa shape index (κ1) is 22.7. The minimum atomic E-state index is -0.721. The van der Waals surface area contributed by atoms with E-state index in [1.807, 2.05) is 32.0 Å². The zero-order chi connectivity index (χ0) is 22.2.